The van der Waals surface area contributed by atoms with Gasteiger partial charge in [0.25, 0.3) is 0 Å². The molecule has 0 saturated carbocycles. The van der Waals surface area contributed by atoms with E-state index in [9.17, 15) is 4.79 Å². The van der Waals surface area contributed by atoms with E-state index in [-0.39, 0.29) is 11.1 Å². The molecule has 0 aromatic carbocycles. The summed E-state index contributed by atoms with van der Waals surface area (Å²) in [6.45, 7) is 2.89. The van der Waals surface area contributed by atoms with E-state index >= 15 is 0 Å². The van der Waals surface area contributed by atoms with Crippen molar-refractivity contribution < 1.29 is 0 Å². The second kappa shape index (κ2) is 5.06. The Hall–Kier alpha value is -1.07. The number of pyridine rings is 1. The Balaban J connectivity index is 2.27. The van der Waals surface area contributed by atoms with Crippen LogP contribution in [0.3, 0.4) is 0 Å². The molecule has 2 N–H and O–H groups in total. The highest BCUT2D eigenvalue weighted by Gasteiger charge is 2.04. The number of aryl methyl sites for hydroxylation is 1. The first-order valence-electron chi connectivity index (χ1n) is 5.32. The van der Waals surface area contributed by atoms with Gasteiger partial charge in [0, 0.05) is 22.1 Å². The van der Waals surface area contributed by atoms with Crippen molar-refractivity contribution >= 4 is 33.0 Å². The van der Waals surface area contributed by atoms with E-state index in [4.69, 9.17) is 5.73 Å². The molecule has 0 saturated heterocycles. The minimum atomic E-state index is -0.151. The van der Waals surface area contributed by atoms with E-state index in [0.717, 1.165) is 13.0 Å². The van der Waals surface area contributed by atoms with Gasteiger partial charge in [0.15, 0.2) is 0 Å². The highest BCUT2D eigenvalue weighted by atomic mass is 79.9. The standard InChI is InChI=1S/C12H13BrN2OS/c1-2-8-3-4-9(17-8)5-15-6-10(13)12(16)11(14)7-15/h3-4,6-7H,2,5,14H2,1H3. The summed E-state index contributed by atoms with van der Waals surface area (Å²) in [5.74, 6) is 0. The number of nitrogens with two attached hydrogens (primary N) is 1. The van der Waals surface area contributed by atoms with Crippen molar-refractivity contribution in [1.29, 1.82) is 0 Å². The Morgan fingerprint density at radius 3 is 2.65 bits per heavy atom. The Labute approximate surface area is 112 Å². The summed E-state index contributed by atoms with van der Waals surface area (Å²) in [6, 6.07) is 4.26. The van der Waals surface area contributed by atoms with Gasteiger partial charge >= 0.3 is 0 Å². The third kappa shape index (κ3) is 2.79. The molecule has 0 fully saturated rings. The molecule has 0 spiro atoms. The van der Waals surface area contributed by atoms with Gasteiger partial charge in [-0.15, -0.1) is 11.3 Å². The van der Waals surface area contributed by atoms with Gasteiger partial charge in [0.05, 0.1) is 16.7 Å². The number of nitrogen functional groups attached to an aromatic ring is 1. The Kier molecular flexibility index (Phi) is 3.69. The van der Waals surface area contributed by atoms with Gasteiger partial charge in [-0.3, -0.25) is 4.79 Å². The van der Waals surface area contributed by atoms with Crippen molar-refractivity contribution in [3.63, 3.8) is 0 Å². The average molecular weight is 313 g/mol. The van der Waals surface area contributed by atoms with Gasteiger partial charge in [0.2, 0.25) is 5.43 Å². The minimum absolute atomic E-state index is 0.151. The zero-order valence-electron chi connectivity index (χ0n) is 9.44. The van der Waals surface area contributed by atoms with Crippen LogP contribution in [0.5, 0.6) is 0 Å². The molecule has 3 nitrogen and oxygen atoms in total. The van der Waals surface area contributed by atoms with Crippen LogP contribution in [0.2, 0.25) is 0 Å². The lowest BCUT2D eigenvalue weighted by Gasteiger charge is -2.06. The van der Waals surface area contributed by atoms with Crippen molar-refractivity contribution in [1.82, 2.24) is 4.57 Å². The molecule has 2 aromatic heterocycles. The predicted molar refractivity (Wildman–Crippen MR) is 75.6 cm³/mol. The van der Waals surface area contributed by atoms with E-state index in [0.29, 0.717) is 4.47 Å². The SMILES string of the molecule is CCc1ccc(Cn2cc(N)c(=O)c(Br)c2)s1. The van der Waals surface area contributed by atoms with Crippen LogP contribution in [-0.4, -0.2) is 4.57 Å². The van der Waals surface area contributed by atoms with Gasteiger partial charge in [-0.1, -0.05) is 6.92 Å². The average Bonchev–Trinajstić information content (AvgIpc) is 2.73. The Morgan fingerprint density at radius 1 is 1.35 bits per heavy atom. The number of anilines is 1. The number of nitrogens with zero attached hydrogens (tertiary/aromatic N) is 1. The van der Waals surface area contributed by atoms with E-state index in [1.165, 1.54) is 9.75 Å². The van der Waals surface area contributed by atoms with Crippen molar-refractivity contribution in [3.05, 3.63) is 49.0 Å². The molecule has 0 amide bonds. The maximum Gasteiger partial charge on any atom is 0.218 e. The van der Waals surface area contributed by atoms with E-state index < -0.39 is 0 Å². The number of hydrogen-bond acceptors (Lipinski definition) is 3. The van der Waals surface area contributed by atoms with Gasteiger partial charge < -0.3 is 10.3 Å². The van der Waals surface area contributed by atoms with Gasteiger partial charge in [-0.25, -0.2) is 0 Å². The maximum absolute atomic E-state index is 11.4. The molecule has 0 unspecified atom stereocenters. The lowest BCUT2D eigenvalue weighted by atomic mass is 10.3. The molecular formula is C12H13BrN2OS. The largest absolute Gasteiger partial charge is 0.394 e. The van der Waals surface area contributed by atoms with Crippen LogP contribution in [0.25, 0.3) is 0 Å². The number of aromatic nitrogens is 1. The molecule has 17 heavy (non-hydrogen) atoms. The van der Waals surface area contributed by atoms with Crippen LogP contribution in [-0.2, 0) is 13.0 Å². The molecule has 90 valence electrons. The molecule has 0 aliphatic rings. The molecule has 5 heteroatoms. The lowest BCUT2D eigenvalue weighted by molar-refractivity contribution is 0.799. The smallest absolute Gasteiger partial charge is 0.218 e. The van der Waals surface area contributed by atoms with Crippen molar-refractivity contribution in [2.24, 2.45) is 0 Å². The van der Waals surface area contributed by atoms with Crippen molar-refractivity contribution in [2.45, 2.75) is 19.9 Å². The molecule has 0 atom stereocenters. The predicted octanol–water partition coefficient (Wildman–Crippen LogP) is 2.87. The zero-order chi connectivity index (χ0) is 12.4. The summed E-state index contributed by atoms with van der Waals surface area (Å²) in [5, 5.41) is 0. The first-order chi connectivity index (χ1) is 8.10. The third-order valence-corrected chi connectivity index (χ3v) is 4.25. The molecule has 0 aliphatic carbocycles. The lowest BCUT2D eigenvalue weighted by Crippen LogP contribution is -2.13. The number of hydrogen-bond donors (Lipinski definition) is 1. The second-order valence-corrected chi connectivity index (χ2v) is 5.89. The van der Waals surface area contributed by atoms with Crippen LogP contribution >= 0.6 is 27.3 Å². The van der Waals surface area contributed by atoms with Crippen LogP contribution in [0.15, 0.2) is 33.8 Å². The third-order valence-electron chi connectivity index (χ3n) is 2.47. The maximum atomic E-state index is 11.4. The Bertz CT molecular complexity index is 562. The normalized spacial score (nSPS) is 10.7. The van der Waals surface area contributed by atoms with E-state index in [1.54, 1.807) is 23.7 Å². The van der Waals surface area contributed by atoms with Crippen LogP contribution in [0.4, 0.5) is 5.69 Å². The quantitative estimate of drug-likeness (QED) is 0.947. The van der Waals surface area contributed by atoms with Gasteiger partial charge in [0.1, 0.15) is 0 Å². The topological polar surface area (TPSA) is 48.0 Å². The van der Waals surface area contributed by atoms with Crippen molar-refractivity contribution in [2.75, 3.05) is 5.73 Å². The molecule has 0 radical (unpaired) electrons. The molecule has 0 aliphatic heterocycles. The fourth-order valence-corrected chi connectivity index (χ4v) is 3.04. The van der Waals surface area contributed by atoms with Crippen molar-refractivity contribution in [3.8, 4) is 0 Å². The van der Waals surface area contributed by atoms with Crippen LogP contribution in [0, 0.1) is 0 Å². The number of halogens is 1. The monoisotopic (exact) mass is 312 g/mol. The first-order valence-corrected chi connectivity index (χ1v) is 6.93. The van der Waals surface area contributed by atoms with Crippen LogP contribution in [0.1, 0.15) is 16.7 Å². The molecule has 2 rings (SSSR count). The minimum Gasteiger partial charge on any atom is -0.394 e. The summed E-state index contributed by atoms with van der Waals surface area (Å²) < 4.78 is 2.43. The highest BCUT2D eigenvalue weighted by molar-refractivity contribution is 9.10. The van der Waals surface area contributed by atoms with Gasteiger partial charge in [-0.2, -0.15) is 0 Å². The summed E-state index contributed by atoms with van der Waals surface area (Å²) in [5.41, 5.74) is 5.77. The highest BCUT2D eigenvalue weighted by Crippen LogP contribution is 2.18. The molecular weight excluding hydrogens is 300 g/mol. The Morgan fingerprint density at radius 2 is 2.06 bits per heavy atom. The summed E-state index contributed by atoms with van der Waals surface area (Å²) in [4.78, 5) is 14.1. The second-order valence-electron chi connectivity index (χ2n) is 3.78. The fourth-order valence-electron chi connectivity index (χ4n) is 1.59. The molecule has 2 aromatic rings. The zero-order valence-corrected chi connectivity index (χ0v) is 11.8. The fraction of sp³-hybridized carbons (Fsp3) is 0.250. The number of rotatable bonds is 3. The van der Waals surface area contributed by atoms with E-state index in [2.05, 4.69) is 35.0 Å². The summed E-state index contributed by atoms with van der Waals surface area (Å²) in [7, 11) is 0. The summed E-state index contributed by atoms with van der Waals surface area (Å²) >= 11 is 5.01. The molecule has 2 heterocycles. The number of thiophene rings is 1. The summed E-state index contributed by atoms with van der Waals surface area (Å²) in [6.07, 6.45) is 4.50. The van der Waals surface area contributed by atoms with E-state index in [1.807, 2.05) is 4.57 Å². The first kappa shape index (κ1) is 12.4. The molecule has 0 bridgehead atoms. The van der Waals surface area contributed by atoms with Gasteiger partial charge in [-0.05, 0) is 34.5 Å². The van der Waals surface area contributed by atoms with Crippen LogP contribution < -0.4 is 11.2 Å².